The summed E-state index contributed by atoms with van der Waals surface area (Å²) < 4.78 is 0. The monoisotopic (exact) mass is 378 g/mol. The van der Waals surface area contributed by atoms with Crippen LogP contribution in [-0.2, 0) is 11.2 Å². The Morgan fingerprint density at radius 3 is 2.43 bits per heavy atom. The molecule has 1 saturated heterocycles. The highest BCUT2D eigenvalue weighted by Gasteiger charge is 2.26. The van der Waals surface area contributed by atoms with Gasteiger partial charge in [-0.1, -0.05) is 62.4 Å². The quantitative estimate of drug-likeness (QED) is 0.644. The second kappa shape index (κ2) is 10.4. The van der Waals surface area contributed by atoms with Gasteiger partial charge in [-0.2, -0.15) is 0 Å². The maximum atomic E-state index is 12.8. The van der Waals surface area contributed by atoms with Crippen molar-refractivity contribution in [2.24, 2.45) is 11.8 Å². The van der Waals surface area contributed by atoms with Gasteiger partial charge < -0.3 is 9.80 Å². The first-order valence-corrected chi connectivity index (χ1v) is 10.8. The van der Waals surface area contributed by atoms with Crippen LogP contribution in [0.4, 0.5) is 5.69 Å². The molecule has 1 heterocycles. The molecule has 1 unspecified atom stereocenters. The van der Waals surface area contributed by atoms with Crippen molar-refractivity contribution >= 4 is 11.6 Å². The normalized spacial score (nSPS) is 17.6. The molecule has 3 heteroatoms. The van der Waals surface area contributed by atoms with Gasteiger partial charge in [0.1, 0.15) is 0 Å². The van der Waals surface area contributed by atoms with Crippen molar-refractivity contribution in [2.75, 3.05) is 31.1 Å². The first kappa shape index (κ1) is 20.6. The molecule has 2 aromatic rings. The van der Waals surface area contributed by atoms with Crippen LogP contribution in [-0.4, -0.2) is 37.0 Å². The minimum Gasteiger partial charge on any atom is -0.312 e. The highest BCUT2D eigenvalue weighted by Crippen LogP contribution is 2.23. The summed E-state index contributed by atoms with van der Waals surface area (Å²) in [4.78, 5) is 17.5. The van der Waals surface area contributed by atoms with E-state index < -0.39 is 0 Å². The number of anilines is 1. The number of nitrogens with zero attached hydrogens (tertiary/aromatic N) is 2. The van der Waals surface area contributed by atoms with Crippen LogP contribution in [0.15, 0.2) is 60.7 Å². The van der Waals surface area contributed by atoms with E-state index in [0.717, 1.165) is 31.7 Å². The molecule has 1 aliphatic rings. The fraction of sp³-hybridized carbons (Fsp3) is 0.480. The number of carbonyl (C=O) groups is 1. The third-order valence-electron chi connectivity index (χ3n) is 5.65. The van der Waals surface area contributed by atoms with E-state index in [1.54, 1.807) is 0 Å². The minimum absolute atomic E-state index is 0.0192. The van der Waals surface area contributed by atoms with Crippen LogP contribution in [0.1, 0.15) is 38.7 Å². The largest absolute Gasteiger partial charge is 0.312 e. The maximum absolute atomic E-state index is 12.8. The Bertz CT molecular complexity index is 714. The average molecular weight is 379 g/mol. The van der Waals surface area contributed by atoms with E-state index in [2.05, 4.69) is 47.4 Å². The third-order valence-corrected chi connectivity index (χ3v) is 5.65. The second-order valence-corrected chi connectivity index (χ2v) is 8.34. The molecule has 1 amide bonds. The van der Waals surface area contributed by atoms with Crippen molar-refractivity contribution in [3.8, 4) is 0 Å². The highest BCUT2D eigenvalue weighted by atomic mass is 16.2. The first-order chi connectivity index (χ1) is 13.6. The van der Waals surface area contributed by atoms with Gasteiger partial charge in [-0.25, -0.2) is 0 Å². The Hall–Kier alpha value is -2.13. The molecule has 0 aliphatic carbocycles. The number of benzene rings is 2. The summed E-state index contributed by atoms with van der Waals surface area (Å²) in [5.74, 6) is 0.798. The number of para-hydroxylation sites is 1. The molecule has 0 radical (unpaired) electrons. The topological polar surface area (TPSA) is 23.6 Å². The predicted molar refractivity (Wildman–Crippen MR) is 118 cm³/mol. The Morgan fingerprint density at radius 1 is 1.07 bits per heavy atom. The number of hydrogen-bond acceptors (Lipinski definition) is 2. The van der Waals surface area contributed by atoms with Gasteiger partial charge in [-0.3, -0.25) is 4.79 Å². The summed E-state index contributed by atoms with van der Waals surface area (Å²) >= 11 is 0. The molecule has 1 aliphatic heterocycles. The lowest BCUT2D eigenvalue weighted by Gasteiger charge is -2.36. The molecule has 1 atom stereocenters. The van der Waals surface area contributed by atoms with Gasteiger partial charge in [0.25, 0.3) is 0 Å². The van der Waals surface area contributed by atoms with Crippen LogP contribution < -0.4 is 4.90 Å². The van der Waals surface area contributed by atoms with E-state index >= 15 is 0 Å². The van der Waals surface area contributed by atoms with Gasteiger partial charge in [-0.05, 0) is 62.4 Å². The third kappa shape index (κ3) is 5.93. The number of amides is 1. The van der Waals surface area contributed by atoms with E-state index in [1.807, 2.05) is 36.9 Å². The van der Waals surface area contributed by atoms with Crippen LogP contribution in [0.25, 0.3) is 0 Å². The summed E-state index contributed by atoms with van der Waals surface area (Å²) in [5.41, 5.74) is 2.45. The lowest BCUT2D eigenvalue weighted by Crippen LogP contribution is -2.44. The lowest BCUT2D eigenvalue weighted by molar-refractivity contribution is -0.121. The van der Waals surface area contributed by atoms with Crippen LogP contribution >= 0.6 is 0 Å². The summed E-state index contributed by atoms with van der Waals surface area (Å²) in [6, 6.07) is 20.9. The van der Waals surface area contributed by atoms with Crippen molar-refractivity contribution in [1.29, 1.82) is 0 Å². The predicted octanol–water partition coefficient (Wildman–Crippen LogP) is 5.02. The van der Waals surface area contributed by atoms with Crippen molar-refractivity contribution < 1.29 is 4.79 Å². The Morgan fingerprint density at radius 2 is 1.75 bits per heavy atom. The smallest absolute Gasteiger partial charge is 0.229 e. The number of carbonyl (C=O) groups excluding carboxylic acids is 1. The molecule has 1 fully saturated rings. The summed E-state index contributed by atoms with van der Waals surface area (Å²) in [6.45, 7) is 8.26. The zero-order chi connectivity index (χ0) is 19.8. The summed E-state index contributed by atoms with van der Waals surface area (Å²) in [6.07, 6.45) is 4.78. The van der Waals surface area contributed by atoms with Crippen molar-refractivity contribution in [2.45, 2.75) is 39.5 Å². The van der Waals surface area contributed by atoms with Gasteiger partial charge in [0.15, 0.2) is 0 Å². The van der Waals surface area contributed by atoms with E-state index in [-0.39, 0.29) is 11.8 Å². The maximum Gasteiger partial charge on any atom is 0.229 e. The fourth-order valence-corrected chi connectivity index (χ4v) is 4.16. The molecule has 3 nitrogen and oxygen atoms in total. The van der Waals surface area contributed by atoms with Crippen LogP contribution in [0, 0.1) is 11.8 Å². The zero-order valence-electron chi connectivity index (χ0n) is 17.4. The minimum atomic E-state index is 0.0192. The van der Waals surface area contributed by atoms with Crippen LogP contribution in [0.5, 0.6) is 0 Å². The Balaban J connectivity index is 1.55. The molecule has 0 saturated carbocycles. The first-order valence-electron chi connectivity index (χ1n) is 10.8. The molecule has 3 rings (SSSR count). The van der Waals surface area contributed by atoms with Gasteiger partial charge in [-0.15, -0.1) is 0 Å². The van der Waals surface area contributed by atoms with Gasteiger partial charge in [0.2, 0.25) is 5.91 Å². The second-order valence-electron chi connectivity index (χ2n) is 8.34. The zero-order valence-corrected chi connectivity index (χ0v) is 17.4. The van der Waals surface area contributed by atoms with E-state index in [1.165, 1.54) is 31.4 Å². The molecule has 0 N–H and O–H groups in total. The number of likely N-dealkylation sites (tertiary alicyclic amines) is 1. The SMILES string of the molecule is CC(C)C(=O)N(CC1CCCN(CCCc2ccccc2)C1)c1ccccc1. The van der Waals surface area contributed by atoms with Crippen LogP contribution in [0.3, 0.4) is 0 Å². The van der Waals surface area contributed by atoms with Gasteiger partial charge in [0.05, 0.1) is 0 Å². The molecule has 0 aromatic heterocycles. The Kier molecular flexibility index (Phi) is 7.67. The summed E-state index contributed by atoms with van der Waals surface area (Å²) in [5, 5.41) is 0. The lowest BCUT2D eigenvalue weighted by atomic mass is 9.96. The van der Waals surface area contributed by atoms with Gasteiger partial charge >= 0.3 is 0 Å². The van der Waals surface area contributed by atoms with E-state index in [4.69, 9.17) is 0 Å². The van der Waals surface area contributed by atoms with E-state index in [9.17, 15) is 4.79 Å². The number of rotatable bonds is 8. The summed E-state index contributed by atoms with van der Waals surface area (Å²) in [7, 11) is 0. The Labute approximate surface area is 170 Å². The number of hydrogen-bond donors (Lipinski definition) is 0. The fourth-order valence-electron chi connectivity index (χ4n) is 4.16. The number of piperidine rings is 1. The molecular weight excluding hydrogens is 344 g/mol. The number of aryl methyl sites for hydroxylation is 1. The van der Waals surface area contributed by atoms with E-state index in [0.29, 0.717) is 5.92 Å². The molecule has 2 aromatic carbocycles. The van der Waals surface area contributed by atoms with Crippen molar-refractivity contribution in [3.05, 3.63) is 66.2 Å². The molecule has 0 spiro atoms. The molecular formula is C25H34N2O. The average Bonchev–Trinajstić information content (AvgIpc) is 2.73. The standard InChI is InChI=1S/C25H34N2O/c1-21(2)25(28)27(24-15-7-4-8-16-24)20-23-14-10-18-26(19-23)17-9-13-22-11-5-3-6-12-22/h3-8,11-12,15-16,21,23H,9-10,13-14,17-20H2,1-2H3. The molecule has 150 valence electrons. The van der Waals surface area contributed by atoms with Crippen molar-refractivity contribution in [1.82, 2.24) is 4.90 Å². The van der Waals surface area contributed by atoms with Crippen molar-refractivity contribution in [3.63, 3.8) is 0 Å². The van der Waals surface area contributed by atoms with Gasteiger partial charge in [0, 0.05) is 24.7 Å². The molecule has 0 bridgehead atoms. The highest BCUT2D eigenvalue weighted by molar-refractivity contribution is 5.94. The molecule has 28 heavy (non-hydrogen) atoms. The van der Waals surface area contributed by atoms with Crippen LogP contribution in [0.2, 0.25) is 0 Å².